The second kappa shape index (κ2) is 14.7. The zero-order chi connectivity index (χ0) is 32.4. The first kappa shape index (κ1) is 32.2. The number of anilines is 1. The molecule has 0 aliphatic heterocycles. The Morgan fingerprint density at radius 1 is 1.02 bits per heavy atom. The number of rotatable bonds is 14. The summed E-state index contributed by atoms with van der Waals surface area (Å²) < 4.78 is 43.8. The van der Waals surface area contributed by atoms with Crippen LogP contribution in [0.3, 0.4) is 0 Å². The molecular weight excluding hydrogens is 606 g/mol. The molecule has 0 aliphatic carbocycles. The zero-order valence-electron chi connectivity index (χ0n) is 24.2. The van der Waals surface area contributed by atoms with E-state index in [4.69, 9.17) is 13.9 Å². The van der Waals surface area contributed by atoms with Crippen LogP contribution in [0.2, 0.25) is 0 Å². The normalized spacial score (nSPS) is 11.2. The van der Waals surface area contributed by atoms with Crippen molar-refractivity contribution in [3.63, 3.8) is 0 Å². The van der Waals surface area contributed by atoms with E-state index >= 15 is 0 Å². The molecule has 15 heteroatoms. The Balaban J connectivity index is 1.40. The van der Waals surface area contributed by atoms with Crippen LogP contribution in [-0.4, -0.2) is 51.6 Å². The van der Waals surface area contributed by atoms with E-state index in [2.05, 4.69) is 15.8 Å². The second-order valence-corrected chi connectivity index (χ2v) is 11.3. The van der Waals surface area contributed by atoms with Gasteiger partial charge in [0.2, 0.25) is 0 Å². The fourth-order valence-corrected chi connectivity index (χ4v) is 5.37. The van der Waals surface area contributed by atoms with Crippen molar-refractivity contribution in [3.8, 4) is 11.5 Å². The smallest absolute Gasteiger partial charge is 0.273 e. The molecule has 0 fully saturated rings. The van der Waals surface area contributed by atoms with E-state index in [1.807, 2.05) is 0 Å². The van der Waals surface area contributed by atoms with Gasteiger partial charge < -0.3 is 19.2 Å². The number of ether oxygens (including phenoxy) is 2. The number of furan rings is 1. The first-order chi connectivity index (χ1) is 21.6. The maximum Gasteiger partial charge on any atom is 0.273 e. The standard InChI is InChI=1S/C30H29N5O9S/c1-21-5-14-27(16-28(21)35(38)39)45(40,41)34(23-8-12-24(42-2)13-9-23)19-29(36)33-32-17-22-6-10-25(11-7-22)44-20-30(37)31-18-26-4-3-15-43-26/h3-17H,18-20H2,1-2H3,(H,31,37)(H,33,36)/b32-17-. The third kappa shape index (κ3) is 8.67. The molecule has 234 valence electrons. The third-order valence-electron chi connectivity index (χ3n) is 6.31. The highest BCUT2D eigenvalue weighted by molar-refractivity contribution is 7.92. The van der Waals surface area contributed by atoms with E-state index in [1.54, 1.807) is 36.4 Å². The van der Waals surface area contributed by atoms with Crippen molar-refractivity contribution < 1.29 is 36.8 Å². The molecule has 14 nitrogen and oxygen atoms in total. The van der Waals surface area contributed by atoms with Gasteiger partial charge in [0.1, 0.15) is 23.8 Å². The number of benzene rings is 3. The van der Waals surface area contributed by atoms with E-state index in [1.165, 1.54) is 62.9 Å². The number of nitrogens with one attached hydrogen (secondary N) is 2. The summed E-state index contributed by atoms with van der Waals surface area (Å²) in [6.07, 6.45) is 2.85. The average Bonchev–Trinajstić information content (AvgIpc) is 3.56. The van der Waals surface area contributed by atoms with Crippen LogP contribution in [0.4, 0.5) is 11.4 Å². The van der Waals surface area contributed by atoms with Crippen LogP contribution in [0.5, 0.6) is 11.5 Å². The Labute approximate surface area is 258 Å². The maximum absolute atomic E-state index is 13.6. The van der Waals surface area contributed by atoms with Gasteiger partial charge in [0.25, 0.3) is 27.5 Å². The van der Waals surface area contributed by atoms with Gasteiger partial charge in [-0.2, -0.15) is 5.10 Å². The molecule has 1 aromatic heterocycles. The molecule has 4 rings (SSSR count). The number of hydrogen-bond donors (Lipinski definition) is 2. The summed E-state index contributed by atoms with van der Waals surface area (Å²) in [5.41, 5.74) is 2.92. The van der Waals surface area contributed by atoms with Crippen molar-refractivity contribution in [1.29, 1.82) is 0 Å². The van der Waals surface area contributed by atoms with E-state index < -0.39 is 27.4 Å². The number of aryl methyl sites for hydroxylation is 1. The largest absolute Gasteiger partial charge is 0.497 e. The Morgan fingerprint density at radius 2 is 1.73 bits per heavy atom. The van der Waals surface area contributed by atoms with E-state index in [0.29, 0.717) is 22.8 Å². The molecular formula is C30H29N5O9S. The van der Waals surface area contributed by atoms with Crippen molar-refractivity contribution in [1.82, 2.24) is 10.7 Å². The highest BCUT2D eigenvalue weighted by Crippen LogP contribution is 2.29. The Bertz CT molecular complexity index is 1770. The quantitative estimate of drug-likeness (QED) is 0.119. The number of amides is 2. The summed E-state index contributed by atoms with van der Waals surface area (Å²) >= 11 is 0. The van der Waals surface area contributed by atoms with Gasteiger partial charge in [-0.1, -0.05) is 6.07 Å². The number of nitrogens with zero attached hydrogens (tertiary/aromatic N) is 3. The van der Waals surface area contributed by atoms with Crippen LogP contribution in [-0.2, 0) is 26.2 Å². The average molecular weight is 636 g/mol. The second-order valence-electron chi connectivity index (χ2n) is 9.42. The summed E-state index contributed by atoms with van der Waals surface area (Å²) in [4.78, 5) is 35.2. The van der Waals surface area contributed by atoms with Crippen molar-refractivity contribution in [2.24, 2.45) is 5.10 Å². The molecule has 1 heterocycles. The summed E-state index contributed by atoms with van der Waals surface area (Å²) in [5, 5.41) is 18.0. The number of carbonyl (C=O) groups is 2. The van der Waals surface area contributed by atoms with Gasteiger partial charge >= 0.3 is 0 Å². The van der Waals surface area contributed by atoms with Crippen LogP contribution in [0.1, 0.15) is 16.9 Å². The van der Waals surface area contributed by atoms with Gasteiger partial charge in [-0.05, 0) is 79.2 Å². The van der Waals surface area contributed by atoms with Gasteiger partial charge in [-0.25, -0.2) is 13.8 Å². The van der Waals surface area contributed by atoms with Crippen molar-refractivity contribution in [2.45, 2.75) is 18.4 Å². The van der Waals surface area contributed by atoms with Crippen LogP contribution in [0, 0.1) is 17.0 Å². The number of nitro groups is 1. The van der Waals surface area contributed by atoms with E-state index in [9.17, 15) is 28.1 Å². The highest BCUT2D eigenvalue weighted by Gasteiger charge is 2.29. The number of carbonyl (C=O) groups excluding carboxylic acids is 2. The third-order valence-corrected chi connectivity index (χ3v) is 8.08. The Morgan fingerprint density at radius 3 is 2.38 bits per heavy atom. The maximum atomic E-state index is 13.6. The number of nitro benzene ring substituents is 1. The van der Waals surface area contributed by atoms with E-state index in [0.717, 1.165) is 10.4 Å². The molecule has 4 aromatic rings. The summed E-state index contributed by atoms with van der Waals surface area (Å²) in [6, 6.07) is 19.4. The summed E-state index contributed by atoms with van der Waals surface area (Å²) in [7, 11) is -2.97. The highest BCUT2D eigenvalue weighted by atomic mass is 32.2. The zero-order valence-corrected chi connectivity index (χ0v) is 25.0. The fraction of sp³-hybridized carbons (Fsp3) is 0.167. The van der Waals surface area contributed by atoms with Gasteiger partial charge in [-0.15, -0.1) is 0 Å². The van der Waals surface area contributed by atoms with Crippen molar-refractivity contribution >= 4 is 39.4 Å². The van der Waals surface area contributed by atoms with Crippen LogP contribution < -0.4 is 24.5 Å². The number of sulfonamides is 1. The Hall–Kier alpha value is -5.70. The predicted octanol–water partition coefficient (Wildman–Crippen LogP) is 3.55. The monoisotopic (exact) mass is 635 g/mol. The molecule has 45 heavy (non-hydrogen) atoms. The number of methoxy groups -OCH3 is 1. The van der Waals surface area contributed by atoms with E-state index in [-0.39, 0.29) is 40.9 Å². The lowest BCUT2D eigenvalue weighted by molar-refractivity contribution is -0.385. The SMILES string of the molecule is COc1ccc(N(CC(=O)N/N=C\c2ccc(OCC(=O)NCc3ccco3)cc2)S(=O)(=O)c2ccc(C)c([N+](=O)[O-])c2)cc1. The van der Waals surface area contributed by atoms with Crippen LogP contribution >= 0.6 is 0 Å². The molecule has 0 saturated heterocycles. The minimum absolute atomic E-state index is 0.128. The number of hydrogen-bond acceptors (Lipinski definition) is 10. The van der Waals surface area contributed by atoms with Crippen molar-refractivity contribution in [2.75, 3.05) is 24.6 Å². The lowest BCUT2D eigenvalue weighted by Gasteiger charge is -2.24. The fourth-order valence-electron chi connectivity index (χ4n) is 3.93. The van der Waals surface area contributed by atoms with Crippen molar-refractivity contribution in [3.05, 3.63) is 112 Å². The molecule has 0 aliphatic rings. The number of hydrazone groups is 1. The lowest BCUT2D eigenvalue weighted by Crippen LogP contribution is -2.39. The molecule has 2 amide bonds. The molecule has 2 N–H and O–H groups in total. The molecule has 0 saturated carbocycles. The van der Waals surface area contributed by atoms with Gasteiger partial charge in [0.15, 0.2) is 6.61 Å². The topological polar surface area (TPSA) is 183 Å². The minimum atomic E-state index is -4.42. The molecule has 0 spiro atoms. The van der Waals surface area contributed by atoms with Gasteiger partial charge in [0, 0.05) is 11.6 Å². The lowest BCUT2D eigenvalue weighted by atomic mass is 10.2. The first-order valence-corrected chi connectivity index (χ1v) is 14.8. The first-order valence-electron chi connectivity index (χ1n) is 13.3. The molecule has 0 unspecified atom stereocenters. The molecule has 3 aromatic carbocycles. The summed E-state index contributed by atoms with van der Waals surface area (Å²) in [6.45, 7) is 0.858. The van der Waals surface area contributed by atoms with Crippen LogP contribution in [0.25, 0.3) is 0 Å². The molecule has 0 bridgehead atoms. The van der Waals surface area contributed by atoms with Gasteiger partial charge in [-0.3, -0.25) is 24.0 Å². The van der Waals surface area contributed by atoms with Crippen LogP contribution in [0.15, 0.2) is 99.5 Å². The summed E-state index contributed by atoms with van der Waals surface area (Å²) in [5.74, 6) is 0.410. The minimum Gasteiger partial charge on any atom is -0.497 e. The molecule has 0 radical (unpaired) electrons. The molecule has 0 atom stereocenters. The Kier molecular flexibility index (Phi) is 10.5. The predicted molar refractivity (Wildman–Crippen MR) is 164 cm³/mol. The van der Waals surface area contributed by atoms with Gasteiger partial charge in [0.05, 0.1) is 41.6 Å².